The fourth-order valence-corrected chi connectivity index (χ4v) is 2.58. The molecule has 0 fully saturated rings. The lowest BCUT2D eigenvalue weighted by atomic mass is 10.1. The maximum Gasteiger partial charge on any atom is 0.232 e. The second-order valence-electron chi connectivity index (χ2n) is 4.71. The van der Waals surface area contributed by atoms with Crippen molar-refractivity contribution in [2.75, 3.05) is 12.8 Å². The van der Waals surface area contributed by atoms with Crippen molar-refractivity contribution in [2.24, 2.45) is 0 Å². The summed E-state index contributed by atoms with van der Waals surface area (Å²) < 4.78 is 0. The summed E-state index contributed by atoms with van der Waals surface area (Å²) in [7, 11) is 1.82. The lowest BCUT2D eigenvalue weighted by Gasteiger charge is -2.24. The number of thioether (sulfide) groups is 1. The summed E-state index contributed by atoms with van der Waals surface area (Å²) in [6, 6.07) is 5.76. The third-order valence-electron chi connectivity index (χ3n) is 3.16. The van der Waals surface area contributed by atoms with Crippen LogP contribution in [-0.2, 0) is 11.2 Å². The Morgan fingerprint density at radius 2 is 2.14 bits per heavy atom. The van der Waals surface area contributed by atoms with Crippen molar-refractivity contribution in [1.29, 1.82) is 0 Å². The van der Waals surface area contributed by atoms with E-state index in [9.17, 15) is 4.79 Å². The van der Waals surface area contributed by atoms with Crippen LogP contribution in [0.15, 0.2) is 48.0 Å². The van der Waals surface area contributed by atoms with E-state index in [0.29, 0.717) is 12.2 Å². The minimum atomic E-state index is 0.0820. The van der Waals surface area contributed by atoms with Crippen LogP contribution in [0.5, 0.6) is 0 Å². The van der Waals surface area contributed by atoms with Gasteiger partial charge < -0.3 is 4.90 Å². The van der Waals surface area contributed by atoms with E-state index in [4.69, 9.17) is 0 Å². The molecule has 0 aliphatic rings. The molecule has 2 aromatic heterocycles. The van der Waals surface area contributed by atoms with Gasteiger partial charge in [-0.15, -0.1) is 0 Å². The number of rotatable bonds is 6. The minimum absolute atomic E-state index is 0.0820. The van der Waals surface area contributed by atoms with E-state index in [-0.39, 0.29) is 11.9 Å². The number of likely N-dealkylation sites (N-methyl/N-ethyl adjacent to an activating group) is 1. The number of carbonyl (C=O) groups is 1. The zero-order chi connectivity index (χ0) is 15.1. The monoisotopic (exact) mass is 302 g/mol. The van der Waals surface area contributed by atoms with Crippen LogP contribution >= 0.6 is 11.8 Å². The summed E-state index contributed by atoms with van der Waals surface area (Å²) >= 11 is 1.45. The molecule has 1 amide bonds. The van der Waals surface area contributed by atoms with E-state index < -0.39 is 0 Å². The molecule has 0 N–H and O–H groups in total. The van der Waals surface area contributed by atoms with Gasteiger partial charge in [-0.25, -0.2) is 4.98 Å². The molecule has 0 aliphatic heterocycles. The minimum Gasteiger partial charge on any atom is -0.342 e. The van der Waals surface area contributed by atoms with Crippen molar-refractivity contribution in [2.45, 2.75) is 24.4 Å². The molecular formula is C15H18N4OS. The molecule has 0 saturated carbocycles. The third kappa shape index (κ3) is 4.82. The molecule has 0 saturated heterocycles. The van der Waals surface area contributed by atoms with E-state index in [1.54, 1.807) is 29.7 Å². The molecule has 21 heavy (non-hydrogen) atoms. The Kier molecular flexibility index (Phi) is 5.68. The fourth-order valence-electron chi connectivity index (χ4n) is 1.79. The highest BCUT2D eigenvalue weighted by atomic mass is 32.2. The molecular weight excluding hydrogens is 284 g/mol. The van der Waals surface area contributed by atoms with Gasteiger partial charge in [-0.05, 0) is 19.1 Å². The Labute approximate surface area is 128 Å². The van der Waals surface area contributed by atoms with E-state index >= 15 is 0 Å². The summed E-state index contributed by atoms with van der Waals surface area (Å²) in [5, 5.41) is 0.862. The number of carbonyl (C=O) groups excluding carboxylic acids is 1. The van der Waals surface area contributed by atoms with Gasteiger partial charge >= 0.3 is 0 Å². The third-order valence-corrected chi connectivity index (χ3v) is 4.09. The predicted molar refractivity (Wildman–Crippen MR) is 82.9 cm³/mol. The average molecular weight is 302 g/mol. The largest absolute Gasteiger partial charge is 0.342 e. The highest BCUT2D eigenvalue weighted by Gasteiger charge is 2.17. The van der Waals surface area contributed by atoms with Crippen molar-refractivity contribution in [1.82, 2.24) is 19.9 Å². The molecule has 0 bridgehead atoms. The Balaban J connectivity index is 1.84. The summed E-state index contributed by atoms with van der Waals surface area (Å²) in [5.74, 6) is 0.472. The Hall–Kier alpha value is -1.95. The van der Waals surface area contributed by atoms with Gasteiger partial charge in [-0.2, -0.15) is 0 Å². The first-order valence-electron chi connectivity index (χ1n) is 6.71. The maximum absolute atomic E-state index is 12.2. The summed E-state index contributed by atoms with van der Waals surface area (Å²) in [6.45, 7) is 2.01. The molecule has 0 spiro atoms. The molecule has 2 rings (SSSR count). The van der Waals surface area contributed by atoms with Crippen molar-refractivity contribution < 1.29 is 4.79 Å². The normalized spacial score (nSPS) is 11.9. The Morgan fingerprint density at radius 1 is 1.29 bits per heavy atom. The first-order chi connectivity index (χ1) is 10.2. The summed E-state index contributed by atoms with van der Waals surface area (Å²) in [6.07, 6.45) is 7.47. The zero-order valence-corrected chi connectivity index (χ0v) is 13.0. The van der Waals surface area contributed by atoms with Crippen LogP contribution in [0, 0.1) is 0 Å². The molecule has 0 aromatic carbocycles. The van der Waals surface area contributed by atoms with E-state index in [0.717, 1.165) is 10.7 Å². The van der Waals surface area contributed by atoms with Crippen molar-refractivity contribution in [3.63, 3.8) is 0 Å². The molecule has 0 unspecified atom stereocenters. The standard InChI is InChI=1S/C15H18N4OS/c1-12(9-13-10-16-7-8-17-13)19(2)15(20)11-21-14-5-3-4-6-18-14/h3-8,10,12H,9,11H2,1-2H3/t12-/m0/s1. The van der Waals surface area contributed by atoms with Gasteiger partial charge in [-0.3, -0.25) is 14.8 Å². The van der Waals surface area contributed by atoms with Crippen LogP contribution < -0.4 is 0 Å². The van der Waals surface area contributed by atoms with Gasteiger partial charge in [0, 0.05) is 44.3 Å². The predicted octanol–water partition coefficient (Wildman–Crippen LogP) is 2.05. The summed E-state index contributed by atoms with van der Waals surface area (Å²) in [4.78, 5) is 26.4. The Bertz CT molecular complexity index is 564. The van der Waals surface area contributed by atoms with Crippen LogP contribution in [0.1, 0.15) is 12.6 Å². The van der Waals surface area contributed by atoms with Gasteiger partial charge in [0.05, 0.1) is 16.5 Å². The average Bonchev–Trinajstić information content (AvgIpc) is 2.53. The molecule has 2 heterocycles. The molecule has 110 valence electrons. The van der Waals surface area contributed by atoms with Crippen molar-refractivity contribution >= 4 is 17.7 Å². The topological polar surface area (TPSA) is 59.0 Å². The smallest absolute Gasteiger partial charge is 0.232 e. The van der Waals surface area contributed by atoms with Crippen LogP contribution in [0.2, 0.25) is 0 Å². The van der Waals surface area contributed by atoms with Crippen LogP contribution in [0.3, 0.4) is 0 Å². The SMILES string of the molecule is C[C@@H](Cc1cnccn1)N(C)C(=O)CSc1ccccn1. The quantitative estimate of drug-likeness (QED) is 0.764. The van der Waals surface area contributed by atoms with E-state index in [1.807, 2.05) is 32.2 Å². The zero-order valence-electron chi connectivity index (χ0n) is 12.1. The first kappa shape index (κ1) is 15.4. The lowest BCUT2D eigenvalue weighted by molar-refractivity contribution is -0.128. The number of nitrogens with zero attached hydrogens (tertiary/aromatic N) is 4. The number of pyridine rings is 1. The van der Waals surface area contributed by atoms with Crippen molar-refractivity contribution in [3.05, 3.63) is 48.7 Å². The molecule has 5 nitrogen and oxygen atoms in total. The maximum atomic E-state index is 12.2. The van der Waals surface area contributed by atoms with Gasteiger partial charge in [0.1, 0.15) is 0 Å². The van der Waals surface area contributed by atoms with Crippen LogP contribution in [0.4, 0.5) is 0 Å². The van der Waals surface area contributed by atoms with Crippen LogP contribution in [-0.4, -0.2) is 44.6 Å². The molecule has 2 aromatic rings. The Morgan fingerprint density at radius 3 is 2.81 bits per heavy atom. The van der Waals surface area contributed by atoms with Gasteiger partial charge in [0.2, 0.25) is 5.91 Å². The second-order valence-corrected chi connectivity index (χ2v) is 5.71. The first-order valence-corrected chi connectivity index (χ1v) is 7.69. The number of aromatic nitrogens is 3. The highest BCUT2D eigenvalue weighted by molar-refractivity contribution is 7.99. The lowest BCUT2D eigenvalue weighted by Crippen LogP contribution is -2.37. The van der Waals surface area contributed by atoms with Crippen LogP contribution in [0.25, 0.3) is 0 Å². The van der Waals surface area contributed by atoms with E-state index in [2.05, 4.69) is 15.0 Å². The highest BCUT2D eigenvalue weighted by Crippen LogP contribution is 2.15. The van der Waals surface area contributed by atoms with E-state index in [1.165, 1.54) is 11.8 Å². The van der Waals surface area contributed by atoms with Crippen molar-refractivity contribution in [3.8, 4) is 0 Å². The van der Waals surface area contributed by atoms with Gasteiger partial charge in [0.15, 0.2) is 0 Å². The van der Waals surface area contributed by atoms with Gasteiger partial charge in [-0.1, -0.05) is 17.8 Å². The molecule has 0 aliphatic carbocycles. The second kappa shape index (κ2) is 7.73. The van der Waals surface area contributed by atoms with Gasteiger partial charge in [0.25, 0.3) is 0 Å². The molecule has 0 radical (unpaired) electrons. The molecule has 1 atom stereocenters. The number of amides is 1. The molecule has 6 heteroatoms. The summed E-state index contributed by atoms with van der Waals surface area (Å²) in [5.41, 5.74) is 0.891. The fraction of sp³-hybridized carbons (Fsp3) is 0.333. The number of hydrogen-bond donors (Lipinski definition) is 0. The number of hydrogen-bond acceptors (Lipinski definition) is 5.